The molecule has 0 amide bonds. The highest BCUT2D eigenvalue weighted by Crippen LogP contribution is 2.19. The van der Waals surface area contributed by atoms with Crippen molar-refractivity contribution in [2.75, 3.05) is 19.3 Å². The first-order valence-corrected chi connectivity index (χ1v) is 7.41. The third-order valence-electron chi connectivity index (χ3n) is 3.96. The molecule has 2 N–H and O–H groups in total. The molecule has 20 heavy (non-hydrogen) atoms. The van der Waals surface area contributed by atoms with Crippen LogP contribution in [0.3, 0.4) is 0 Å². The first-order valence-electron chi connectivity index (χ1n) is 7.41. The molecule has 110 valence electrons. The Hall–Kier alpha value is -1.55. The van der Waals surface area contributed by atoms with Gasteiger partial charge in [0, 0.05) is 12.6 Å². The molecule has 0 atom stereocenters. The highest BCUT2D eigenvalue weighted by atomic mass is 15.2. The zero-order chi connectivity index (χ0) is 14.7. The molecule has 2 rings (SSSR count). The van der Waals surface area contributed by atoms with Crippen molar-refractivity contribution < 1.29 is 0 Å². The first-order chi connectivity index (χ1) is 9.49. The Morgan fingerprint density at radius 1 is 1.30 bits per heavy atom. The number of unbranched alkanes of at least 4 members (excludes halogenated alkanes) is 1. The monoisotopic (exact) mass is 274 g/mol. The Bertz CT molecular complexity index is 571. The summed E-state index contributed by atoms with van der Waals surface area (Å²) >= 11 is 0. The van der Waals surface area contributed by atoms with Gasteiger partial charge in [-0.3, -0.25) is 0 Å². The highest BCUT2D eigenvalue weighted by Gasteiger charge is 2.08. The summed E-state index contributed by atoms with van der Waals surface area (Å²) in [7, 11) is 2.18. The minimum absolute atomic E-state index is 0.608. The van der Waals surface area contributed by atoms with Gasteiger partial charge < -0.3 is 15.2 Å². The molecular formula is C16H26N4. The summed E-state index contributed by atoms with van der Waals surface area (Å²) in [5, 5.41) is 0. The van der Waals surface area contributed by atoms with E-state index < -0.39 is 0 Å². The molecular weight excluding hydrogens is 248 g/mol. The number of aromatic nitrogens is 2. The lowest BCUT2D eigenvalue weighted by Crippen LogP contribution is -2.27. The van der Waals surface area contributed by atoms with E-state index in [9.17, 15) is 0 Å². The molecule has 0 radical (unpaired) electrons. The summed E-state index contributed by atoms with van der Waals surface area (Å²) in [6.45, 7) is 8.60. The van der Waals surface area contributed by atoms with Crippen LogP contribution in [-0.4, -0.2) is 34.1 Å². The molecule has 2 aromatic rings. The number of anilines is 1. The standard InChI is InChI=1S/C16H26N4/c1-12(2)19(4)9-5-6-10-20-15-8-7-13(3)11-14(15)18-16(20)17/h7-8,11-12H,5-6,9-10H2,1-4H3,(H2,17,18). The van der Waals surface area contributed by atoms with Crippen LogP contribution in [0.1, 0.15) is 32.3 Å². The van der Waals surface area contributed by atoms with Crippen molar-refractivity contribution in [3.63, 3.8) is 0 Å². The fourth-order valence-electron chi connectivity index (χ4n) is 2.38. The van der Waals surface area contributed by atoms with E-state index in [1.807, 2.05) is 0 Å². The van der Waals surface area contributed by atoms with Gasteiger partial charge in [0.1, 0.15) is 0 Å². The van der Waals surface area contributed by atoms with Crippen molar-refractivity contribution in [3.8, 4) is 0 Å². The molecule has 0 spiro atoms. The van der Waals surface area contributed by atoms with Crippen LogP contribution in [-0.2, 0) is 6.54 Å². The van der Waals surface area contributed by atoms with Gasteiger partial charge >= 0.3 is 0 Å². The molecule has 0 saturated heterocycles. The van der Waals surface area contributed by atoms with Crippen LogP contribution in [0, 0.1) is 6.92 Å². The van der Waals surface area contributed by atoms with Crippen LogP contribution in [0.15, 0.2) is 18.2 Å². The summed E-state index contributed by atoms with van der Waals surface area (Å²) in [6.07, 6.45) is 2.31. The maximum Gasteiger partial charge on any atom is 0.201 e. The molecule has 0 aliphatic rings. The molecule has 0 bridgehead atoms. The van der Waals surface area contributed by atoms with Gasteiger partial charge in [0.25, 0.3) is 0 Å². The predicted molar refractivity (Wildman–Crippen MR) is 85.9 cm³/mol. The number of nitrogens with zero attached hydrogens (tertiary/aromatic N) is 3. The summed E-state index contributed by atoms with van der Waals surface area (Å²) in [5.74, 6) is 0.628. The number of fused-ring (bicyclic) bond motifs is 1. The molecule has 1 aromatic heterocycles. The largest absolute Gasteiger partial charge is 0.369 e. The van der Waals surface area contributed by atoms with E-state index in [4.69, 9.17) is 5.73 Å². The minimum Gasteiger partial charge on any atom is -0.369 e. The van der Waals surface area contributed by atoms with Crippen molar-refractivity contribution in [3.05, 3.63) is 23.8 Å². The molecule has 0 aliphatic heterocycles. The van der Waals surface area contributed by atoms with Crippen LogP contribution < -0.4 is 5.73 Å². The Balaban J connectivity index is 1.98. The van der Waals surface area contributed by atoms with Crippen LogP contribution >= 0.6 is 0 Å². The van der Waals surface area contributed by atoms with E-state index in [-0.39, 0.29) is 0 Å². The smallest absolute Gasteiger partial charge is 0.201 e. The number of imidazole rings is 1. The zero-order valence-electron chi connectivity index (χ0n) is 13.1. The Morgan fingerprint density at radius 2 is 2.05 bits per heavy atom. The maximum absolute atomic E-state index is 6.04. The SMILES string of the molecule is Cc1ccc2c(c1)nc(N)n2CCCCN(C)C(C)C. The van der Waals surface area contributed by atoms with Gasteiger partial charge in [-0.1, -0.05) is 6.07 Å². The van der Waals surface area contributed by atoms with Gasteiger partial charge in [-0.15, -0.1) is 0 Å². The second-order valence-electron chi connectivity index (χ2n) is 5.90. The Kier molecular flexibility index (Phi) is 4.65. The van der Waals surface area contributed by atoms with Gasteiger partial charge in [-0.2, -0.15) is 0 Å². The normalized spacial score (nSPS) is 11.9. The molecule has 0 saturated carbocycles. The average Bonchev–Trinajstić information content (AvgIpc) is 2.69. The van der Waals surface area contributed by atoms with Crippen LogP contribution in [0.4, 0.5) is 5.95 Å². The minimum atomic E-state index is 0.608. The number of nitrogen functional groups attached to an aromatic ring is 1. The fraction of sp³-hybridized carbons (Fsp3) is 0.562. The van der Waals surface area contributed by atoms with Crippen LogP contribution in [0.25, 0.3) is 11.0 Å². The third-order valence-corrected chi connectivity index (χ3v) is 3.96. The molecule has 0 fully saturated rings. The molecule has 0 unspecified atom stereocenters. The number of hydrogen-bond acceptors (Lipinski definition) is 3. The maximum atomic E-state index is 6.04. The molecule has 0 aliphatic carbocycles. The van der Waals surface area contributed by atoms with Gasteiger partial charge in [0.15, 0.2) is 0 Å². The van der Waals surface area contributed by atoms with Crippen LogP contribution in [0.5, 0.6) is 0 Å². The molecule has 4 nitrogen and oxygen atoms in total. The summed E-state index contributed by atoms with van der Waals surface area (Å²) in [6, 6.07) is 6.94. The predicted octanol–water partition coefficient (Wildman–Crippen LogP) is 3.05. The van der Waals surface area contributed by atoms with E-state index in [2.05, 4.69) is 60.5 Å². The second kappa shape index (κ2) is 6.27. The first kappa shape index (κ1) is 14.9. The lowest BCUT2D eigenvalue weighted by atomic mass is 10.2. The molecule has 1 heterocycles. The van der Waals surface area contributed by atoms with Crippen molar-refractivity contribution in [1.82, 2.24) is 14.5 Å². The fourth-order valence-corrected chi connectivity index (χ4v) is 2.38. The number of rotatable bonds is 6. The van der Waals surface area contributed by atoms with E-state index in [0.717, 1.165) is 30.5 Å². The quantitative estimate of drug-likeness (QED) is 0.824. The van der Waals surface area contributed by atoms with Crippen LogP contribution in [0.2, 0.25) is 0 Å². The van der Waals surface area contributed by atoms with Crippen molar-refractivity contribution >= 4 is 17.0 Å². The Labute approximate surface area is 121 Å². The number of benzene rings is 1. The van der Waals surface area contributed by atoms with Gasteiger partial charge in [-0.25, -0.2) is 4.98 Å². The number of hydrogen-bond donors (Lipinski definition) is 1. The van der Waals surface area contributed by atoms with Gasteiger partial charge in [0.2, 0.25) is 5.95 Å². The highest BCUT2D eigenvalue weighted by molar-refractivity contribution is 5.79. The van der Waals surface area contributed by atoms with Crippen molar-refractivity contribution in [2.24, 2.45) is 0 Å². The second-order valence-corrected chi connectivity index (χ2v) is 5.90. The molecule has 1 aromatic carbocycles. The van der Waals surface area contributed by atoms with E-state index >= 15 is 0 Å². The number of aryl methyl sites for hydroxylation is 2. The summed E-state index contributed by atoms with van der Waals surface area (Å²) in [4.78, 5) is 6.82. The van der Waals surface area contributed by atoms with Gasteiger partial charge in [0.05, 0.1) is 11.0 Å². The number of nitrogens with two attached hydrogens (primary N) is 1. The van der Waals surface area contributed by atoms with E-state index in [1.54, 1.807) is 0 Å². The van der Waals surface area contributed by atoms with E-state index in [1.165, 1.54) is 12.0 Å². The summed E-state index contributed by atoms with van der Waals surface area (Å²) < 4.78 is 2.13. The van der Waals surface area contributed by atoms with Crippen molar-refractivity contribution in [2.45, 2.75) is 46.2 Å². The third kappa shape index (κ3) is 3.31. The van der Waals surface area contributed by atoms with Crippen molar-refractivity contribution in [1.29, 1.82) is 0 Å². The topological polar surface area (TPSA) is 47.1 Å². The lowest BCUT2D eigenvalue weighted by Gasteiger charge is -2.20. The zero-order valence-corrected chi connectivity index (χ0v) is 13.1. The average molecular weight is 274 g/mol. The molecule has 4 heteroatoms. The Morgan fingerprint density at radius 3 is 2.75 bits per heavy atom. The lowest BCUT2D eigenvalue weighted by molar-refractivity contribution is 0.266. The van der Waals surface area contributed by atoms with E-state index in [0.29, 0.717) is 12.0 Å². The van der Waals surface area contributed by atoms with Gasteiger partial charge in [-0.05, 0) is 64.9 Å². The summed E-state index contributed by atoms with van der Waals surface area (Å²) in [5.41, 5.74) is 9.40.